The summed E-state index contributed by atoms with van der Waals surface area (Å²) in [7, 11) is 4.50. The van der Waals surface area contributed by atoms with E-state index in [9.17, 15) is 9.59 Å². The summed E-state index contributed by atoms with van der Waals surface area (Å²) < 4.78 is 33.1. The van der Waals surface area contributed by atoms with Crippen molar-refractivity contribution in [1.29, 1.82) is 0 Å². The Morgan fingerprint density at radius 1 is 1.08 bits per heavy atom. The predicted molar refractivity (Wildman–Crippen MR) is 143 cm³/mol. The molecule has 200 valence electrons. The Morgan fingerprint density at radius 2 is 1.76 bits per heavy atom. The molecule has 1 amide bonds. The number of methoxy groups -OCH3 is 3. The van der Waals surface area contributed by atoms with E-state index in [0.717, 1.165) is 25.9 Å². The monoisotopic (exact) mass is 523 g/mol. The molecule has 1 aromatic heterocycles. The Labute approximate surface area is 219 Å². The maximum absolute atomic E-state index is 15.2. The highest BCUT2D eigenvalue weighted by atomic mass is 19.1. The Bertz CT molecular complexity index is 1440. The van der Waals surface area contributed by atoms with Crippen LogP contribution in [-0.4, -0.2) is 64.2 Å². The van der Waals surface area contributed by atoms with E-state index in [1.54, 1.807) is 24.4 Å². The van der Waals surface area contributed by atoms with E-state index in [1.807, 2.05) is 9.47 Å². The van der Waals surface area contributed by atoms with Crippen molar-refractivity contribution in [2.75, 3.05) is 52.4 Å². The number of benzene rings is 2. The molecule has 0 bridgehead atoms. The first-order chi connectivity index (χ1) is 18.4. The van der Waals surface area contributed by atoms with Crippen molar-refractivity contribution >= 4 is 28.7 Å². The summed E-state index contributed by atoms with van der Waals surface area (Å²) in [5.41, 5.74) is 3.46. The Balaban J connectivity index is 1.45. The molecule has 0 spiro atoms. The molecule has 3 aromatic rings. The molecule has 0 atom stereocenters. The van der Waals surface area contributed by atoms with E-state index < -0.39 is 17.2 Å². The zero-order valence-electron chi connectivity index (χ0n) is 21.5. The molecule has 1 saturated heterocycles. The number of nitrogens with one attached hydrogen (secondary N) is 2. The largest absolute Gasteiger partial charge is 0.493 e. The van der Waals surface area contributed by atoms with E-state index in [2.05, 4.69) is 15.8 Å². The van der Waals surface area contributed by atoms with Gasteiger partial charge in [-0.3, -0.25) is 9.59 Å². The number of nitrogens with zero attached hydrogens (tertiary/aromatic N) is 3. The van der Waals surface area contributed by atoms with Gasteiger partial charge >= 0.3 is 0 Å². The van der Waals surface area contributed by atoms with Gasteiger partial charge in [0.15, 0.2) is 11.5 Å². The molecule has 2 N–H and O–H groups in total. The van der Waals surface area contributed by atoms with Crippen LogP contribution in [0.15, 0.2) is 40.4 Å². The van der Waals surface area contributed by atoms with Crippen molar-refractivity contribution in [2.45, 2.75) is 18.9 Å². The Hall–Kier alpha value is -4.12. The summed E-state index contributed by atoms with van der Waals surface area (Å²) in [6.07, 6.45) is 4.83. The van der Waals surface area contributed by atoms with Gasteiger partial charge in [0, 0.05) is 49.4 Å². The second-order valence-corrected chi connectivity index (χ2v) is 9.23. The molecule has 5 rings (SSSR count). The fraction of sp³-hybridized carbons (Fsp3) is 0.370. The van der Waals surface area contributed by atoms with Crippen molar-refractivity contribution in [3.05, 3.63) is 57.6 Å². The SMILES string of the molecule is COc1cc(/C=N\NC(=O)c2cn(C3CC3)c3cc(N4CCNCC4)c(F)cc3c2=O)cc(OC)c1OC. The first kappa shape index (κ1) is 25.5. The molecule has 2 aromatic carbocycles. The standard InChI is InChI=1S/C27H30FN5O5/c1-36-23-10-16(11-24(37-2)26(23)38-3)14-30-31-27(35)19-15-33(17-4-5-17)21-13-22(32-8-6-29-7-9-32)20(28)12-18(21)25(19)34/h10-15,17,29H,4-9H2,1-3H3,(H,31,35)/b30-14-. The molecule has 0 unspecified atom stereocenters. The van der Waals surface area contributed by atoms with E-state index in [-0.39, 0.29) is 17.0 Å². The third-order valence-corrected chi connectivity index (χ3v) is 6.81. The van der Waals surface area contributed by atoms with Gasteiger partial charge in [0.1, 0.15) is 11.4 Å². The maximum atomic E-state index is 15.2. The van der Waals surface area contributed by atoms with Gasteiger partial charge in [0.05, 0.1) is 38.7 Å². The number of rotatable bonds is 8. The average Bonchev–Trinajstić information content (AvgIpc) is 3.78. The summed E-state index contributed by atoms with van der Waals surface area (Å²) in [6.45, 7) is 2.90. The number of hydrazone groups is 1. The molecule has 11 heteroatoms. The van der Waals surface area contributed by atoms with Crippen LogP contribution in [-0.2, 0) is 0 Å². The molecular formula is C27H30FN5O5. The lowest BCUT2D eigenvalue weighted by Gasteiger charge is -2.30. The van der Waals surface area contributed by atoms with Gasteiger partial charge in [-0.05, 0) is 37.1 Å². The number of amides is 1. The molecule has 38 heavy (non-hydrogen) atoms. The zero-order valence-corrected chi connectivity index (χ0v) is 21.5. The number of hydrogen-bond donors (Lipinski definition) is 2. The number of pyridine rings is 1. The van der Waals surface area contributed by atoms with Crippen LogP contribution < -0.4 is 35.3 Å². The normalized spacial score (nSPS) is 15.6. The Kier molecular flexibility index (Phi) is 7.19. The third kappa shape index (κ3) is 4.89. The summed E-state index contributed by atoms with van der Waals surface area (Å²) >= 11 is 0. The summed E-state index contributed by atoms with van der Waals surface area (Å²) in [5, 5.41) is 7.45. The second kappa shape index (κ2) is 10.7. The number of anilines is 1. The van der Waals surface area contributed by atoms with Crippen LogP contribution in [0, 0.1) is 5.82 Å². The molecule has 2 fully saturated rings. The van der Waals surface area contributed by atoms with Gasteiger partial charge in [-0.15, -0.1) is 0 Å². The van der Waals surface area contributed by atoms with E-state index in [1.165, 1.54) is 33.6 Å². The highest BCUT2D eigenvalue weighted by Crippen LogP contribution is 2.39. The number of carbonyl (C=O) groups excluding carboxylic acids is 1. The highest BCUT2D eigenvalue weighted by molar-refractivity contribution is 5.98. The number of piperazine rings is 1. The fourth-order valence-electron chi connectivity index (χ4n) is 4.72. The molecule has 10 nitrogen and oxygen atoms in total. The molecular weight excluding hydrogens is 493 g/mol. The first-order valence-electron chi connectivity index (χ1n) is 12.4. The van der Waals surface area contributed by atoms with Crippen molar-refractivity contribution < 1.29 is 23.4 Å². The lowest BCUT2D eigenvalue weighted by Crippen LogP contribution is -2.43. The smallest absolute Gasteiger partial charge is 0.276 e. The number of ether oxygens (including phenoxy) is 3. The topological polar surface area (TPSA) is 106 Å². The third-order valence-electron chi connectivity index (χ3n) is 6.81. The van der Waals surface area contributed by atoms with Gasteiger partial charge < -0.3 is 29.0 Å². The number of carbonyl (C=O) groups is 1. The number of halogens is 1. The first-order valence-corrected chi connectivity index (χ1v) is 12.4. The second-order valence-electron chi connectivity index (χ2n) is 9.23. The highest BCUT2D eigenvalue weighted by Gasteiger charge is 2.28. The molecule has 1 aliphatic heterocycles. The van der Waals surface area contributed by atoms with E-state index in [4.69, 9.17) is 14.2 Å². The van der Waals surface area contributed by atoms with Crippen LogP contribution in [0.1, 0.15) is 34.8 Å². The number of hydrogen-bond acceptors (Lipinski definition) is 8. The van der Waals surface area contributed by atoms with Gasteiger partial charge in [-0.2, -0.15) is 5.10 Å². The van der Waals surface area contributed by atoms with Crippen LogP contribution in [0.5, 0.6) is 17.2 Å². The van der Waals surface area contributed by atoms with Crippen molar-refractivity contribution in [3.8, 4) is 17.2 Å². The van der Waals surface area contributed by atoms with Crippen molar-refractivity contribution in [3.63, 3.8) is 0 Å². The lowest BCUT2D eigenvalue weighted by molar-refractivity contribution is 0.0953. The molecule has 2 heterocycles. The van der Waals surface area contributed by atoms with Gasteiger partial charge in [-0.25, -0.2) is 9.82 Å². The fourth-order valence-corrected chi connectivity index (χ4v) is 4.72. The molecule has 1 saturated carbocycles. The molecule has 1 aliphatic carbocycles. The average molecular weight is 524 g/mol. The van der Waals surface area contributed by atoms with Crippen molar-refractivity contribution in [2.24, 2.45) is 5.10 Å². The van der Waals surface area contributed by atoms with Gasteiger partial charge in [0.25, 0.3) is 5.91 Å². The van der Waals surface area contributed by atoms with Crippen LogP contribution in [0.2, 0.25) is 0 Å². The molecule has 0 radical (unpaired) electrons. The van der Waals surface area contributed by atoms with Gasteiger partial charge in [-0.1, -0.05) is 0 Å². The minimum absolute atomic E-state index is 0.0965. The summed E-state index contributed by atoms with van der Waals surface area (Å²) in [5.74, 6) is 0.145. The quantitative estimate of drug-likeness (QED) is 0.345. The number of aromatic nitrogens is 1. The van der Waals surface area contributed by atoms with Crippen LogP contribution in [0.3, 0.4) is 0 Å². The van der Waals surface area contributed by atoms with Crippen molar-refractivity contribution in [1.82, 2.24) is 15.3 Å². The molecule has 2 aliphatic rings. The predicted octanol–water partition coefficient (Wildman–Crippen LogP) is 2.67. The van der Waals surface area contributed by atoms with Crippen LogP contribution >= 0.6 is 0 Å². The van der Waals surface area contributed by atoms with E-state index in [0.29, 0.717) is 47.1 Å². The number of fused-ring (bicyclic) bond motifs is 1. The maximum Gasteiger partial charge on any atom is 0.276 e. The van der Waals surface area contributed by atoms with Crippen LogP contribution in [0.4, 0.5) is 10.1 Å². The minimum atomic E-state index is -0.679. The van der Waals surface area contributed by atoms with Gasteiger partial charge in [0.2, 0.25) is 11.2 Å². The zero-order chi connectivity index (χ0) is 26.8. The summed E-state index contributed by atoms with van der Waals surface area (Å²) in [6, 6.07) is 6.50. The summed E-state index contributed by atoms with van der Waals surface area (Å²) in [4.78, 5) is 28.3. The minimum Gasteiger partial charge on any atom is -0.493 e. The Morgan fingerprint density at radius 3 is 2.37 bits per heavy atom. The van der Waals surface area contributed by atoms with E-state index >= 15 is 4.39 Å². The van der Waals surface area contributed by atoms with Crippen LogP contribution in [0.25, 0.3) is 10.9 Å². The lowest BCUT2D eigenvalue weighted by atomic mass is 10.1.